The molecule has 0 bridgehead atoms. The minimum Gasteiger partial charge on any atom is -0.348 e. The van der Waals surface area contributed by atoms with Crippen molar-refractivity contribution in [3.63, 3.8) is 0 Å². The van der Waals surface area contributed by atoms with Crippen LogP contribution in [-0.2, 0) is 9.59 Å². The average Bonchev–Trinajstić information content (AvgIpc) is 3.04. The van der Waals surface area contributed by atoms with Gasteiger partial charge in [0.1, 0.15) is 6.04 Å². The Morgan fingerprint density at radius 1 is 1.32 bits per heavy atom. The molecule has 1 atom stereocenters. The van der Waals surface area contributed by atoms with Gasteiger partial charge in [-0.1, -0.05) is 20.8 Å². The van der Waals surface area contributed by atoms with Crippen molar-refractivity contribution in [3.8, 4) is 0 Å². The number of nitrogens with one attached hydrogen (secondary N) is 3. The molecule has 0 aromatic heterocycles. The highest BCUT2D eigenvalue weighted by Gasteiger charge is 2.53. The topological polar surface area (TPSA) is 87.3 Å². The van der Waals surface area contributed by atoms with Crippen LogP contribution in [0, 0.1) is 5.41 Å². The summed E-state index contributed by atoms with van der Waals surface area (Å²) in [5, 5.41) is 7.74. The maximum absolute atomic E-state index is 12.2. The third kappa shape index (κ3) is 2.88. The van der Waals surface area contributed by atoms with Gasteiger partial charge in [0, 0.05) is 12.0 Å². The second-order valence-corrected chi connectivity index (χ2v) is 6.43. The Morgan fingerprint density at radius 2 is 1.95 bits per heavy atom. The number of carbonyl (C=O) groups is 3. The highest BCUT2D eigenvalue weighted by atomic mass is 16.2. The Hall–Kier alpha value is -1.59. The van der Waals surface area contributed by atoms with Gasteiger partial charge in [0.25, 0.3) is 0 Å². The first kappa shape index (κ1) is 13.8. The van der Waals surface area contributed by atoms with Gasteiger partial charge in [0.2, 0.25) is 11.8 Å². The molecule has 6 nitrogen and oxygen atoms in total. The SMILES string of the molecule is CC(C)(C)C1(NC(=O)C2CCC(=O)NC(=O)N2)CC1. The fourth-order valence-corrected chi connectivity index (χ4v) is 2.44. The van der Waals surface area contributed by atoms with Gasteiger partial charge in [-0.3, -0.25) is 14.9 Å². The summed E-state index contributed by atoms with van der Waals surface area (Å²) < 4.78 is 0. The van der Waals surface area contributed by atoms with Crippen molar-refractivity contribution in [2.75, 3.05) is 0 Å². The van der Waals surface area contributed by atoms with Gasteiger partial charge in [0.15, 0.2) is 0 Å². The van der Waals surface area contributed by atoms with E-state index >= 15 is 0 Å². The number of amides is 4. The number of imide groups is 1. The van der Waals surface area contributed by atoms with Crippen molar-refractivity contribution < 1.29 is 14.4 Å². The van der Waals surface area contributed by atoms with Crippen LogP contribution in [-0.4, -0.2) is 29.4 Å². The molecule has 0 radical (unpaired) electrons. The lowest BCUT2D eigenvalue weighted by Gasteiger charge is -2.33. The molecular formula is C13H21N3O3. The third-order valence-electron chi connectivity index (χ3n) is 4.08. The van der Waals surface area contributed by atoms with E-state index in [1.807, 2.05) is 0 Å². The Morgan fingerprint density at radius 3 is 2.47 bits per heavy atom. The zero-order valence-corrected chi connectivity index (χ0v) is 11.6. The lowest BCUT2D eigenvalue weighted by atomic mass is 9.84. The Labute approximate surface area is 112 Å². The molecule has 1 heterocycles. The third-order valence-corrected chi connectivity index (χ3v) is 4.08. The minimum atomic E-state index is -0.633. The van der Waals surface area contributed by atoms with Gasteiger partial charge in [0.05, 0.1) is 0 Å². The summed E-state index contributed by atoms with van der Waals surface area (Å²) in [7, 11) is 0. The van der Waals surface area contributed by atoms with Crippen molar-refractivity contribution in [2.45, 2.75) is 58.0 Å². The van der Waals surface area contributed by atoms with Crippen molar-refractivity contribution in [3.05, 3.63) is 0 Å². The van der Waals surface area contributed by atoms with Crippen LogP contribution in [0.1, 0.15) is 46.5 Å². The maximum atomic E-state index is 12.2. The smallest absolute Gasteiger partial charge is 0.322 e. The summed E-state index contributed by atoms with van der Waals surface area (Å²) in [5.74, 6) is -0.540. The van der Waals surface area contributed by atoms with Gasteiger partial charge in [-0.2, -0.15) is 0 Å². The molecular weight excluding hydrogens is 246 g/mol. The summed E-state index contributed by atoms with van der Waals surface area (Å²) in [6, 6.07) is -1.23. The van der Waals surface area contributed by atoms with E-state index in [2.05, 4.69) is 36.7 Å². The van der Waals surface area contributed by atoms with Crippen molar-refractivity contribution >= 4 is 17.8 Å². The van der Waals surface area contributed by atoms with E-state index in [4.69, 9.17) is 0 Å². The summed E-state index contributed by atoms with van der Waals surface area (Å²) in [6.45, 7) is 6.28. The minimum absolute atomic E-state index is 0.00846. The summed E-state index contributed by atoms with van der Waals surface area (Å²) in [5.41, 5.74) is -0.177. The van der Waals surface area contributed by atoms with E-state index < -0.39 is 12.1 Å². The van der Waals surface area contributed by atoms with Crippen LogP contribution < -0.4 is 16.0 Å². The molecule has 19 heavy (non-hydrogen) atoms. The van der Waals surface area contributed by atoms with Crippen molar-refractivity contribution in [1.29, 1.82) is 0 Å². The molecule has 2 rings (SSSR count). The zero-order chi connectivity index (χ0) is 14.3. The van der Waals surface area contributed by atoms with Gasteiger partial charge >= 0.3 is 6.03 Å². The predicted octanol–water partition coefficient (Wildman–Crippen LogP) is 0.670. The molecule has 3 N–H and O–H groups in total. The first-order valence-electron chi connectivity index (χ1n) is 6.66. The Bertz CT molecular complexity index is 421. The fourth-order valence-electron chi connectivity index (χ4n) is 2.44. The van der Waals surface area contributed by atoms with Crippen LogP contribution in [0.15, 0.2) is 0 Å². The van der Waals surface area contributed by atoms with Gasteiger partial charge in [-0.15, -0.1) is 0 Å². The van der Waals surface area contributed by atoms with Crippen molar-refractivity contribution in [1.82, 2.24) is 16.0 Å². The first-order chi connectivity index (χ1) is 8.73. The Balaban J connectivity index is 2.00. The van der Waals surface area contributed by atoms with Crippen LogP contribution in [0.3, 0.4) is 0 Å². The summed E-state index contributed by atoms with van der Waals surface area (Å²) in [4.78, 5) is 34.8. The molecule has 1 aliphatic heterocycles. The van der Waals surface area contributed by atoms with Crippen LogP contribution in [0.5, 0.6) is 0 Å². The molecule has 6 heteroatoms. The van der Waals surface area contributed by atoms with E-state index in [1.54, 1.807) is 0 Å². The second-order valence-electron chi connectivity index (χ2n) is 6.43. The largest absolute Gasteiger partial charge is 0.348 e. The summed E-state index contributed by atoms with van der Waals surface area (Å²) >= 11 is 0. The lowest BCUT2D eigenvalue weighted by Crippen LogP contribution is -2.54. The number of rotatable bonds is 2. The average molecular weight is 267 g/mol. The molecule has 4 amide bonds. The highest BCUT2D eigenvalue weighted by Crippen LogP contribution is 2.49. The fraction of sp³-hybridized carbons (Fsp3) is 0.769. The summed E-state index contributed by atoms with van der Waals surface area (Å²) in [6.07, 6.45) is 2.43. The quantitative estimate of drug-likeness (QED) is 0.687. The normalized spacial score (nSPS) is 25.9. The monoisotopic (exact) mass is 267 g/mol. The maximum Gasteiger partial charge on any atom is 0.322 e. The van der Waals surface area contributed by atoms with Crippen LogP contribution >= 0.6 is 0 Å². The zero-order valence-electron chi connectivity index (χ0n) is 11.6. The number of hydrogen-bond donors (Lipinski definition) is 3. The number of hydrogen-bond acceptors (Lipinski definition) is 3. The van der Waals surface area contributed by atoms with E-state index in [1.165, 1.54) is 0 Å². The molecule has 106 valence electrons. The van der Waals surface area contributed by atoms with Crippen LogP contribution in [0.4, 0.5) is 4.79 Å². The van der Waals surface area contributed by atoms with Crippen molar-refractivity contribution in [2.24, 2.45) is 5.41 Å². The molecule has 1 aliphatic carbocycles. The molecule has 0 aromatic rings. The highest BCUT2D eigenvalue weighted by molar-refractivity contribution is 5.98. The second kappa shape index (κ2) is 4.51. The standard InChI is InChI=1S/C13H21N3O3/c1-12(2,3)13(6-7-13)16-10(18)8-4-5-9(17)15-11(19)14-8/h8H,4-7H2,1-3H3,(H,16,18)(H2,14,15,17,19). The van der Waals surface area contributed by atoms with E-state index in [0.717, 1.165) is 12.8 Å². The molecule has 0 aromatic carbocycles. The van der Waals surface area contributed by atoms with Gasteiger partial charge < -0.3 is 10.6 Å². The number of carbonyl (C=O) groups excluding carboxylic acids is 3. The lowest BCUT2D eigenvalue weighted by molar-refractivity contribution is -0.125. The van der Waals surface area contributed by atoms with Gasteiger partial charge in [-0.25, -0.2) is 4.79 Å². The molecule has 2 fully saturated rings. The molecule has 0 spiro atoms. The van der Waals surface area contributed by atoms with Crippen LogP contribution in [0.2, 0.25) is 0 Å². The molecule has 1 unspecified atom stereocenters. The number of urea groups is 1. The first-order valence-corrected chi connectivity index (χ1v) is 6.66. The van der Waals surface area contributed by atoms with Gasteiger partial charge in [-0.05, 0) is 24.7 Å². The predicted molar refractivity (Wildman–Crippen MR) is 69.3 cm³/mol. The molecule has 1 saturated heterocycles. The van der Waals surface area contributed by atoms with Crippen LogP contribution in [0.25, 0.3) is 0 Å². The van der Waals surface area contributed by atoms with E-state index in [0.29, 0.717) is 6.42 Å². The molecule has 1 saturated carbocycles. The van der Waals surface area contributed by atoms with E-state index in [-0.39, 0.29) is 29.2 Å². The van der Waals surface area contributed by atoms with E-state index in [9.17, 15) is 14.4 Å². The molecule has 2 aliphatic rings. The Kier molecular flexibility index (Phi) is 3.28.